The van der Waals surface area contributed by atoms with E-state index in [4.69, 9.17) is 5.26 Å². The van der Waals surface area contributed by atoms with Crippen molar-refractivity contribution >= 4 is 21.2 Å². The van der Waals surface area contributed by atoms with E-state index in [0.717, 1.165) is 12.3 Å². The molecule has 0 saturated carbocycles. The highest BCUT2D eigenvalue weighted by molar-refractivity contribution is 7.90. The van der Waals surface area contributed by atoms with E-state index in [0.29, 0.717) is 0 Å². The second-order valence-electron chi connectivity index (χ2n) is 4.12. The van der Waals surface area contributed by atoms with Crippen molar-refractivity contribution in [2.75, 3.05) is 11.6 Å². The molecule has 0 aliphatic heterocycles. The molecule has 0 saturated heterocycles. The van der Waals surface area contributed by atoms with Gasteiger partial charge in [0.05, 0.1) is 28.0 Å². The molecule has 102 valence electrons. The molecule has 0 aliphatic carbocycles. The van der Waals surface area contributed by atoms with E-state index in [1.165, 1.54) is 12.1 Å². The van der Waals surface area contributed by atoms with Crippen LogP contribution in [0.3, 0.4) is 0 Å². The SMILES string of the molecule is CC(CC#N)Nc1ccc([N+](=O)[O-])cc1S(C)(=O)=O. The third-order valence-electron chi connectivity index (χ3n) is 2.37. The first-order chi connectivity index (χ1) is 8.75. The first-order valence-corrected chi connectivity index (χ1v) is 7.27. The van der Waals surface area contributed by atoms with Crippen molar-refractivity contribution in [2.24, 2.45) is 0 Å². The van der Waals surface area contributed by atoms with E-state index >= 15 is 0 Å². The summed E-state index contributed by atoms with van der Waals surface area (Å²) in [6.07, 6.45) is 1.17. The predicted molar refractivity (Wildman–Crippen MR) is 69.5 cm³/mol. The fourth-order valence-corrected chi connectivity index (χ4v) is 2.37. The van der Waals surface area contributed by atoms with E-state index in [2.05, 4.69) is 5.32 Å². The molecular formula is C11H13N3O4S. The van der Waals surface area contributed by atoms with Gasteiger partial charge in [0.2, 0.25) is 0 Å². The molecule has 0 amide bonds. The molecule has 7 nitrogen and oxygen atoms in total. The number of nitro benzene ring substituents is 1. The molecule has 1 aromatic rings. The Balaban J connectivity index is 3.25. The van der Waals surface area contributed by atoms with Gasteiger partial charge in [0.15, 0.2) is 9.84 Å². The quantitative estimate of drug-likeness (QED) is 0.650. The number of hydrogen-bond acceptors (Lipinski definition) is 6. The number of benzene rings is 1. The molecule has 0 aromatic heterocycles. The zero-order chi connectivity index (χ0) is 14.6. The van der Waals surface area contributed by atoms with Crippen molar-refractivity contribution in [3.05, 3.63) is 28.3 Å². The van der Waals surface area contributed by atoms with Crippen LogP contribution in [-0.2, 0) is 9.84 Å². The number of nitro groups is 1. The maximum absolute atomic E-state index is 11.6. The van der Waals surface area contributed by atoms with Crippen LogP contribution >= 0.6 is 0 Å². The van der Waals surface area contributed by atoms with Crippen LogP contribution < -0.4 is 5.32 Å². The summed E-state index contributed by atoms with van der Waals surface area (Å²) in [5.41, 5.74) is -0.0326. The summed E-state index contributed by atoms with van der Waals surface area (Å²) in [4.78, 5) is 9.86. The Bertz CT molecular complexity index is 634. The number of hydrogen-bond donors (Lipinski definition) is 1. The van der Waals surface area contributed by atoms with E-state index in [1.807, 2.05) is 6.07 Å². The topological polar surface area (TPSA) is 113 Å². The predicted octanol–water partition coefficient (Wildman–Crippen LogP) is 1.71. The number of rotatable bonds is 5. The third kappa shape index (κ3) is 3.93. The summed E-state index contributed by atoms with van der Waals surface area (Å²) in [5, 5.41) is 22.1. The number of sulfone groups is 1. The highest BCUT2D eigenvalue weighted by Crippen LogP contribution is 2.27. The van der Waals surface area contributed by atoms with Crippen LogP contribution in [0.1, 0.15) is 13.3 Å². The molecule has 0 spiro atoms. The van der Waals surface area contributed by atoms with Gasteiger partial charge in [-0.1, -0.05) is 0 Å². The van der Waals surface area contributed by atoms with Gasteiger partial charge in [0.25, 0.3) is 5.69 Å². The normalized spacial score (nSPS) is 12.5. The van der Waals surface area contributed by atoms with E-state index < -0.39 is 14.8 Å². The van der Waals surface area contributed by atoms with Crippen molar-refractivity contribution < 1.29 is 13.3 Å². The molecule has 0 heterocycles. The van der Waals surface area contributed by atoms with Crippen LogP contribution in [0.15, 0.2) is 23.1 Å². The number of anilines is 1. The smallest absolute Gasteiger partial charge is 0.270 e. The Morgan fingerprint density at radius 1 is 1.53 bits per heavy atom. The highest BCUT2D eigenvalue weighted by Gasteiger charge is 2.19. The standard InChI is InChI=1S/C11H13N3O4S/c1-8(5-6-12)13-10-4-3-9(14(15)16)7-11(10)19(2,17)18/h3-4,7-8,13H,5H2,1-2H3. The second-order valence-corrected chi connectivity index (χ2v) is 6.10. The molecule has 1 atom stereocenters. The summed E-state index contributed by atoms with van der Waals surface area (Å²) >= 11 is 0. The fraction of sp³-hybridized carbons (Fsp3) is 0.364. The van der Waals surface area contributed by atoms with Gasteiger partial charge in [-0.05, 0) is 13.0 Å². The molecule has 0 radical (unpaired) electrons. The zero-order valence-electron chi connectivity index (χ0n) is 10.5. The molecule has 19 heavy (non-hydrogen) atoms. The Kier molecular flexibility index (Phi) is 4.45. The van der Waals surface area contributed by atoms with Crippen molar-refractivity contribution in [3.8, 4) is 6.07 Å². The van der Waals surface area contributed by atoms with E-state index in [-0.39, 0.29) is 28.7 Å². The van der Waals surface area contributed by atoms with Gasteiger partial charge in [-0.15, -0.1) is 0 Å². The van der Waals surface area contributed by atoms with E-state index in [9.17, 15) is 18.5 Å². The van der Waals surface area contributed by atoms with E-state index in [1.54, 1.807) is 6.92 Å². The van der Waals surface area contributed by atoms with Crippen molar-refractivity contribution in [1.82, 2.24) is 0 Å². The largest absolute Gasteiger partial charge is 0.380 e. The molecule has 1 N–H and O–H groups in total. The molecule has 0 aliphatic rings. The number of nitriles is 1. The number of nitrogens with one attached hydrogen (secondary N) is 1. The first kappa shape index (κ1) is 14.9. The zero-order valence-corrected chi connectivity index (χ0v) is 11.3. The number of nitrogens with zero attached hydrogens (tertiary/aromatic N) is 2. The molecule has 0 bridgehead atoms. The maximum Gasteiger partial charge on any atom is 0.270 e. The monoisotopic (exact) mass is 283 g/mol. The van der Waals surface area contributed by atoms with Crippen LogP contribution in [0.5, 0.6) is 0 Å². The number of non-ortho nitro benzene ring substituents is 1. The highest BCUT2D eigenvalue weighted by atomic mass is 32.2. The molecule has 1 rings (SSSR count). The Labute approximate surface area is 110 Å². The van der Waals surface area contributed by atoms with Gasteiger partial charge in [-0.2, -0.15) is 5.26 Å². The lowest BCUT2D eigenvalue weighted by molar-refractivity contribution is -0.385. The Morgan fingerprint density at radius 2 is 2.16 bits per heavy atom. The molecule has 1 aromatic carbocycles. The molecule has 1 unspecified atom stereocenters. The Morgan fingerprint density at radius 3 is 2.63 bits per heavy atom. The third-order valence-corrected chi connectivity index (χ3v) is 3.51. The van der Waals surface area contributed by atoms with Crippen LogP contribution in [0.25, 0.3) is 0 Å². The minimum absolute atomic E-state index is 0.147. The summed E-state index contributed by atoms with van der Waals surface area (Å²) < 4.78 is 23.3. The average molecular weight is 283 g/mol. The van der Waals surface area contributed by atoms with Crippen LogP contribution in [0.4, 0.5) is 11.4 Å². The van der Waals surface area contributed by atoms with Crippen LogP contribution in [-0.4, -0.2) is 25.6 Å². The van der Waals surface area contributed by atoms with Gasteiger partial charge in [-0.3, -0.25) is 10.1 Å². The maximum atomic E-state index is 11.6. The summed E-state index contributed by atoms with van der Waals surface area (Å²) in [6, 6.07) is 5.26. The van der Waals surface area contributed by atoms with Crippen LogP contribution in [0, 0.1) is 21.4 Å². The van der Waals surface area contributed by atoms with Crippen molar-refractivity contribution in [3.63, 3.8) is 0 Å². The Hall–Kier alpha value is -2.14. The second kappa shape index (κ2) is 5.67. The fourth-order valence-electron chi connectivity index (χ4n) is 1.50. The van der Waals surface area contributed by atoms with Gasteiger partial charge in [-0.25, -0.2) is 8.42 Å². The van der Waals surface area contributed by atoms with Gasteiger partial charge in [0.1, 0.15) is 0 Å². The van der Waals surface area contributed by atoms with Gasteiger partial charge < -0.3 is 5.32 Å². The molecule has 8 heteroatoms. The van der Waals surface area contributed by atoms with Crippen molar-refractivity contribution in [2.45, 2.75) is 24.3 Å². The van der Waals surface area contributed by atoms with Crippen molar-refractivity contribution in [1.29, 1.82) is 5.26 Å². The minimum Gasteiger partial charge on any atom is -0.380 e. The van der Waals surface area contributed by atoms with Gasteiger partial charge in [0, 0.05) is 24.4 Å². The molecular weight excluding hydrogens is 270 g/mol. The van der Waals surface area contributed by atoms with Crippen LogP contribution in [0.2, 0.25) is 0 Å². The summed E-state index contributed by atoms with van der Waals surface area (Å²) in [7, 11) is -3.60. The lowest BCUT2D eigenvalue weighted by Gasteiger charge is -2.14. The minimum atomic E-state index is -3.60. The molecule has 0 fully saturated rings. The summed E-state index contributed by atoms with van der Waals surface area (Å²) in [6.45, 7) is 1.72. The summed E-state index contributed by atoms with van der Waals surface area (Å²) in [5.74, 6) is 0. The lowest BCUT2D eigenvalue weighted by atomic mass is 10.2. The lowest BCUT2D eigenvalue weighted by Crippen LogP contribution is -2.16. The first-order valence-electron chi connectivity index (χ1n) is 5.37. The average Bonchev–Trinajstić information content (AvgIpc) is 2.27. The van der Waals surface area contributed by atoms with Gasteiger partial charge >= 0.3 is 0 Å².